The minimum atomic E-state index is -1.82. The number of hydrogen-bond acceptors (Lipinski definition) is 8. The number of carboxylic acids is 2. The van der Waals surface area contributed by atoms with Gasteiger partial charge in [0, 0.05) is 37.1 Å². The third kappa shape index (κ3) is 7.05. The maximum Gasteiger partial charge on any atom is 0.414 e. The fourth-order valence-electron chi connectivity index (χ4n) is 3.64. The van der Waals surface area contributed by atoms with E-state index in [1.54, 1.807) is 6.26 Å². The Balaban J connectivity index is 0.000000509. The molecule has 10 nitrogen and oxygen atoms in total. The van der Waals surface area contributed by atoms with Crippen molar-refractivity contribution < 1.29 is 34.1 Å². The van der Waals surface area contributed by atoms with E-state index in [2.05, 4.69) is 16.7 Å². The van der Waals surface area contributed by atoms with Crippen molar-refractivity contribution in [2.24, 2.45) is 0 Å². The van der Waals surface area contributed by atoms with Gasteiger partial charge in [0.25, 0.3) is 0 Å². The van der Waals surface area contributed by atoms with Crippen LogP contribution in [0.25, 0.3) is 23.1 Å². The molecular formula is C25H29N3O7. The number of benzene rings is 1. The van der Waals surface area contributed by atoms with Crippen LogP contribution < -0.4 is 9.64 Å². The molecule has 10 heteroatoms. The van der Waals surface area contributed by atoms with Gasteiger partial charge in [-0.2, -0.15) is 0 Å². The number of ether oxygens (including phenoxy) is 1. The Morgan fingerprint density at radius 2 is 1.80 bits per heavy atom. The van der Waals surface area contributed by atoms with Gasteiger partial charge in [-0.3, -0.25) is 0 Å². The van der Waals surface area contributed by atoms with Gasteiger partial charge in [-0.25, -0.2) is 14.6 Å². The molecule has 1 fully saturated rings. The number of piperazine rings is 1. The molecule has 0 unspecified atom stereocenters. The number of carbonyl (C=O) groups is 2. The highest BCUT2D eigenvalue weighted by molar-refractivity contribution is 6.27. The van der Waals surface area contributed by atoms with E-state index in [4.69, 9.17) is 39.0 Å². The SMILES string of the molecule is CCN1CCN(c2nc(C=Cc3ccccc3OCCO)cc3ccoc23)CC1.O=C(O)C(=O)O. The number of aliphatic hydroxyl groups is 1. The summed E-state index contributed by atoms with van der Waals surface area (Å²) in [5.41, 5.74) is 2.68. The highest BCUT2D eigenvalue weighted by Crippen LogP contribution is 2.29. The molecular weight excluding hydrogens is 454 g/mol. The molecule has 0 spiro atoms. The van der Waals surface area contributed by atoms with E-state index in [0.29, 0.717) is 0 Å². The number of carboxylic acid groups (broad SMARTS) is 2. The van der Waals surface area contributed by atoms with Crippen LogP contribution in [0.3, 0.4) is 0 Å². The molecule has 1 aliphatic rings. The Kier molecular flexibility index (Phi) is 9.22. The van der Waals surface area contributed by atoms with Crippen molar-refractivity contribution in [2.75, 3.05) is 50.8 Å². The fraction of sp³-hybridized carbons (Fsp3) is 0.320. The van der Waals surface area contributed by atoms with Crippen LogP contribution in [0, 0.1) is 0 Å². The van der Waals surface area contributed by atoms with Crippen LogP contribution in [0.1, 0.15) is 18.2 Å². The van der Waals surface area contributed by atoms with E-state index < -0.39 is 11.9 Å². The molecule has 3 N–H and O–H groups in total. The van der Waals surface area contributed by atoms with Crippen LogP contribution in [-0.2, 0) is 9.59 Å². The molecule has 0 amide bonds. The van der Waals surface area contributed by atoms with Crippen LogP contribution in [-0.4, -0.2) is 83.1 Å². The standard InChI is InChI=1S/C23H27N3O3.C2H2O4/c1-2-25-10-12-26(13-11-25)23-22-19(9-15-29-22)17-20(24-23)8-7-18-5-3-4-6-21(18)28-16-14-27;3-1(4)2(5)6/h3-9,15,17,27H,2,10-14,16H2,1H3;(H,3,4)(H,5,6). The number of pyridine rings is 1. The third-order valence-corrected chi connectivity index (χ3v) is 5.44. The van der Waals surface area contributed by atoms with Crippen LogP contribution in [0.5, 0.6) is 5.75 Å². The number of likely N-dealkylation sites (N-methyl/N-ethyl adjacent to an activating group) is 1. The first-order valence-electron chi connectivity index (χ1n) is 11.3. The van der Waals surface area contributed by atoms with Gasteiger partial charge in [-0.1, -0.05) is 25.1 Å². The highest BCUT2D eigenvalue weighted by atomic mass is 16.5. The number of aliphatic carboxylic acids is 2. The summed E-state index contributed by atoms with van der Waals surface area (Å²) >= 11 is 0. The number of anilines is 1. The lowest BCUT2D eigenvalue weighted by Crippen LogP contribution is -2.46. The quantitative estimate of drug-likeness (QED) is 0.430. The van der Waals surface area contributed by atoms with Gasteiger partial charge in [-0.15, -0.1) is 0 Å². The molecule has 1 aliphatic heterocycles. The second-order valence-corrected chi connectivity index (χ2v) is 7.68. The predicted octanol–water partition coefficient (Wildman–Crippen LogP) is 2.67. The Bertz CT molecular complexity index is 1150. The first-order valence-corrected chi connectivity index (χ1v) is 11.3. The van der Waals surface area contributed by atoms with Crippen LogP contribution >= 0.6 is 0 Å². The summed E-state index contributed by atoms with van der Waals surface area (Å²) in [7, 11) is 0. The average molecular weight is 484 g/mol. The zero-order valence-corrected chi connectivity index (χ0v) is 19.5. The van der Waals surface area contributed by atoms with Gasteiger partial charge in [0.2, 0.25) is 0 Å². The molecule has 2 aromatic heterocycles. The van der Waals surface area contributed by atoms with Crippen molar-refractivity contribution in [3.05, 3.63) is 53.9 Å². The number of nitrogens with zero attached hydrogens (tertiary/aromatic N) is 3. The molecule has 35 heavy (non-hydrogen) atoms. The molecule has 1 saturated heterocycles. The van der Waals surface area contributed by atoms with Crippen LogP contribution in [0.2, 0.25) is 0 Å². The fourth-order valence-corrected chi connectivity index (χ4v) is 3.64. The number of rotatable bonds is 7. The van der Waals surface area contributed by atoms with Gasteiger partial charge in [0.15, 0.2) is 11.4 Å². The second-order valence-electron chi connectivity index (χ2n) is 7.68. The minimum absolute atomic E-state index is 0.00852. The summed E-state index contributed by atoms with van der Waals surface area (Å²) in [4.78, 5) is 27.9. The average Bonchev–Trinajstić information content (AvgIpc) is 3.35. The molecule has 1 aromatic carbocycles. The smallest absolute Gasteiger partial charge is 0.414 e. The van der Waals surface area contributed by atoms with Crippen LogP contribution in [0.4, 0.5) is 5.82 Å². The van der Waals surface area contributed by atoms with Crippen molar-refractivity contribution in [1.29, 1.82) is 0 Å². The lowest BCUT2D eigenvalue weighted by atomic mass is 10.1. The Morgan fingerprint density at radius 1 is 1.09 bits per heavy atom. The lowest BCUT2D eigenvalue weighted by molar-refractivity contribution is -0.159. The van der Waals surface area contributed by atoms with E-state index in [-0.39, 0.29) is 13.2 Å². The van der Waals surface area contributed by atoms with Gasteiger partial charge in [0.05, 0.1) is 18.6 Å². The maximum absolute atomic E-state index is 9.10. The second kappa shape index (κ2) is 12.5. The van der Waals surface area contributed by atoms with E-state index in [0.717, 1.165) is 66.5 Å². The zero-order chi connectivity index (χ0) is 25.2. The summed E-state index contributed by atoms with van der Waals surface area (Å²) in [6.07, 6.45) is 5.72. The Morgan fingerprint density at radius 3 is 2.46 bits per heavy atom. The molecule has 3 heterocycles. The zero-order valence-electron chi connectivity index (χ0n) is 19.5. The Labute approximate surface area is 202 Å². The third-order valence-electron chi connectivity index (χ3n) is 5.44. The summed E-state index contributed by atoms with van der Waals surface area (Å²) in [6.45, 7) is 7.52. The van der Waals surface area contributed by atoms with Crippen LogP contribution in [0.15, 0.2) is 47.1 Å². The Hall–Kier alpha value is -3.89. The molecule has 186 valence electrons. The minimum Gasteiger partial charge on any atom is -0.491 e. The van der Waals surface area contributed by atoms with Gasteiger partial charge < -0.3 is 34.3 Å². The number of furan rings is 1. The molecule has 0 aliphatic carbocycles. The lowest BCUT2D eigenvalue weighted by Gasteiger charge is -2.34. The van der Waals surface area contributed by atoms with E-state index in [9.17, 15) is 0 Å². The van der Waals surface area contributed by atoms with Crippen molar-refractivity contribution in [2.45, 2.75) is 6.92 Å². The molecule has 0 bridgehead atoms. The van der Waals surface area contributed by atoms with Crippen molar-refractivity contribution >= 4 is 40.9 Å². The highest BCUT2D eigenvalue weighted by Gasteiger charge is 2.20. The van der Waals surface area contributed by atoms with Crippen molar-refractivity contribution in [1.82, 2.24) is 9.88 Å². The van der Waals surface area contributed by atoms with Gasteiger partial charge in [0.1, 0.15) is 12.4 Å². The predicted molar refractivity (Wildman–Crippen MR) is 132 cm³/mol. The number of fused-ring (bicyclic) bond motifs is 1. The van der Waals surface area contributed by atoms with Gasteiger partial charge >= 0.3 is 11.9 Å². The van der Waals surface area contributed by atoms with Gasteiger partial charge in [-0.05, 0) is 36.9 Å². The molecule has 0 atom stereocenters. The summed E-state index contributed by atoms with van der Waals surface area (Å²) in [5.74, 6) is -1.99. The number of aliphatic hydroxyl groups excluding tert-OH is 1. The molecule has 4 rings (SSSR count). The molecule has 0 saturated carbocycles. The molecule has 3 aromatic rings. The van der Waals surface area contributed by atoms with Crippen molar-refractivity contribution in [3.63, 3.8) is 0 Å². The molecule has 0 radical (unpaired) electrons. The summed E-state index contributed by atoms with van der Waals surface area (Å²) < 4.78 is 11.4. The van der Waals surface area contributed by atoms with E-state index >= 15 is 0 Å². The topological polar surface area (TPSA) is 137 Å². The number of para-hydroxylation sites is 1. The number of aromatic nitrogens is 1. The number of hydrogen-bond donors (Lipinski definition) is 3. The van der Waals surface area contributed by atoms with Crippen molar-refractivity contribution in [3.8, 4) is 5.75 Å². The first kappa shape index (κ1) is 25.7. The monoisotopic (exact) mass is 483 g/mol. The normalized spacial score (nSPS) is 14.1. The largest absolute Gasteiger partial charge is 0.491 e. The first-order chi connectivity index (χ1) is 16.9. The summed E-state index contributed by atoms with van der Waals surface area (Å²) in [5, 5.41) is 24.9. The maximum atomic E-state index is 9.10. The summed E-state index contributed by atoms with van der Waals surface area (Å²) in [6, 6.07) is 11.8. The van der Waals surface area contributed by atoms with E-state index in [1.165, 1.54) is 0 Å². The van der Waals surface area contributed by atoms with E-state index in [1.807, 2.05) is 48.6 Å².